The lowest BCUT2D eigenvalue weighted by molar-refractivity contribution is -0.127. The molecule has 1 aliphatic heterocycles. The summed E-state index contributed by atoms with van der Waals surface area (Å²) in [5.41, 5.74) is 0. The second kappa shape index (κ2) is 5.41. The van der Waals surface area contributed by atoms with E-state index in [1.54, 1.807) is 0 Å². The van der Waals surface area contributed by atoms with Gasteiger partial charge in [0, 0.05) is 25.7 Å². The highest BCUT2D eigenvalue weighted by molar-refractivity contribution is 7.86. The van der Waals surface area contributed by atoms with E-state index in [1.807, 2.05) is 0 Å². The molecule has 1 heterocycles. The Labute approximate surface area is 88.2 Å². The van der Waals surface area contributed by atoms with Gasteiger partial charge in [0.05, 0.1) is 5.75 Å². The highest BCUT2D eigenvalue weighted by atomic mass is 32.3. The van der Waals surface area contributed by atoms with Gasteiger partial charge < -0.3 is 10.1 Å². The molecule has 1 amide bonds. The molecular formula is C8H14FNO4S. The minimum atomic E-state index is -4.49. The molecule has 0 atom stereocenters. The van der Waals surface area contributed by atoms with Crippen molar-refractivity contribution >= 4 is 16.1 Å². The fourth-order valence-electron chi connectivity index (χ4n) is 1.40. The standard InChI is InChI=1S/C8H14FNO4S/c9-15(12,13)6-3-10-8(11)7-1-4-14-5-2-7/h7H,1-6H2,(H,10,11). The van der Waals surface area contributed by atoms with E-state index in [0.717, 1.165) is 0 Å². The minimum Gasteiger partial charge on any atom is -0.381 e. The maximum atomic E-state index is 12.1. The van der Waals surface area contributed by atoms with Crippen molar-refractivity contribution in [3.8, 4) is 0 Å². The molecule has 0 spiro atoms. The van der Waals surface area contributed by atoms with Crippen LogP contribution in [0, 0.1) is 5.92 Å². The molecule has 0 bridgehead atoms. The van der Waals surface area contributed by atoms with Crippen molar-refractivity contribution in [2.24, 2.45) is 5.92 Å². The van der Waals surface area contributed by atoms with Gasteiger partial charge in [-0.1, -0.05) is 0 Å². The third kappa shape index (κ3) is 5.08. The summed E-state index contributed by atoms with van der Waals surface area (Å²) in [5.74, 6) is -1.02. The average molecular weight is 239 g/mol. The lowest BCUT2D eigenvalue weighted by Crippen LogP contribution is -2.36. The number of rotatable bonds is 4. The molecule has 1 saturated heterocycles. The van der Waals surface area contributed by atoms with Crippen molar-refractivity contribution in [2.45, 2.75) is 12.8 Å². The number of carbonyl (C=O) groups excluding carboxylic acids is 1. The van der Waals surface area contributed by atoms with Gasteiger partial charge in [0.25, 0.3) is 0 Å². The van der Waals surface area contributed by atoms with Gasteiger partial charge >= 0.3 is 10.2 Å². The first-order chi connectivity index (χ1) is 6.99. The molecule has 0 unspecified atom stereocenters. The summed E-state index contributed by atoms with van der Waals surface area (Å²) < 4.78 is 37.5. The van der Waals surface area contributed by atoms with E-state index in [9.17, 15) is 17.1 Å². The van der Waals surface area contributed by atoms with E-state index >= 15 is 0 Å². The third-order valence-electron chi connectivity index (χ3n) is 2.24. The summed E-state index contributed by atoms with van der Waals surface area (Å²) in [4.78, 5) is 11.4. The van der Waals surface area contributed by atoms with Gasteiger partial charge in [-0.15, -0.1) is 3.89 Å². The van der Waals surface area contributed by atoms with Gasteiger partial charge in [-0.2, -0.15) is 8.42 Å². The van der Waals surface area contributed by atoms with Crippen LogP contribution in [0.3, 0.4) is 0 Å². The average Bonchev–Trinajstić information content (AvgIpc) is 2.17. The zero-order chi connectivity index (χ0) is 11.3. The summed E-state index contributed by atoms with van der Waals surface area (Å²) in [6, 6.07) is 0. The molecule has 0 aliphatic carbocycles. The van der Waals surface area contributed by atoms with Crippen LogP contribution in [0.15, 0.2) is 0 Å². The maximum absolute atomic E-state index is 12.1. The van der Waals surface area contributed by atoms with Gasteiger partial charge in [0.15, 0.2) is 0 Å². The third-order valence-corrected chi connectivity index (χ3v) is 2.93. The van der Waals surface area contributed by atoms with Gasteiger partial charge in [-0.05, 0) is 12.8 Å². The molecular weight excluding hydrogens is 225 g/mol. The van der Waals surface area contributed by atoms with Crippen molar-refractivity contribution in [1.82, 2.24) is 5.32 Å². The van der Waals surface area contributed by atoms with Gasteiger partial charge in [-0.3, -0.25) is 4.79 Å². The van der Waals surface area contributed by atoms with E-state index in [1.165, 1.54) is 0 Å². The topological polar surface area (TPSA) is 72.5 Å². The number of hydrogen-bond acceptors (Lipinski definition) is 4. The van der Waals surface area contributed by atoms with Crippen LogP contribution >= 0.6 is 0 Å². The van der Waals surface area contributed by atoms with E-state index in [0.29, 0.717) is 26.1 Å². The molecule has 88 valence electrons. The van der Waals surface area contributed by atoms with E-state index < -0.39 is 16.0 Å². The van der Waals surface area contributed by atoms with Crippen LogP contribution in [0.5, 0.6) is 0 Å². The van der Waals surface area contributed by atoms with Crippen molar-refractivity contribution in [3.63, 3.8) is 0 Å². The largest absolute Gasteiger partial charge is 0.381 e. The summed E-state index contributed by atoms with van der Waals surface area (Å²) in [5, 5.41) is 2.40. The van der Waals surface area contributed by atoms with Gasteiger partial charge in [0.1, 0.15) is 0 Å². The lowest BCUT2D eigenvalue weighted by atomic mass is 10.00. The second-order valence-electron chi connectivity index (χ2n) is 3.42. The van der Waals surface area contributed by atoms with E-state index in [2.05, 4.69) is 5.32 Å². The monoisotopic (exact) mass is 239 g/mol. The van der Waals surface area contributed by atoms with Gasteiger partial charge in [0.2, 0.25) is 5.91 Å². The van der Waals surface area contributed by atoms with Crippen LogP contribution in [-0.4, -0.2) is 39.8 Å². The van der Waals surface area contributed by atoms with Crippen molar-refractivity contribution in [2.75, 3.05) is 25.5 Å². The highest BCUT2D eigenvalue weighted by Gasteiger charge is 2.21. The van der Waals surface area contributed by atoms with Crippen LogP contribution in [0.2, 0.25) is 0 Å². The molecule has 7 heteroatoms. The Morgan fingerprint density at radius 1 is 1.40 bits per heavy atom. The molecule has 15 heavy (non-hydrogen) atoms. The van der Waals surface area contributed by atoms with Crippen molar-refractivity contribution in [3.05, 3.63) is 0 Å². The van der Waals surface area contributed by atoms with Crippen LogP contribution in [0.4, 0.5) is 3.89 Å². The lowest BCUT2D eigenvalue weighted by Gasteiger charge is -2.20. The number of ether oxygens (including phenoxy) is 1. The van der Waals surface area contributed by atoms with Crippen LogP contribution in [0.25, 0.3) is 0 Å². The van der Waals surface area contributed by atoms with Crippen molar-refractivity contribution in [1.29, 1.82) is 0 Å². The Morgan fingerprint density at radius 2 is 2.00 bits per heavy atom. The summed E-state index contributed by atoms with van der Waals surface area (Å²) in [7, 11) is -4.49. The number of carbonyl (C=O) groups is 1. The second-order valence-corrected chi connectivity index (χ2v) is 4.91. The molecule has 1 aliphatic rings. The zero-order valence-electron chi connectivity index (χ0n) is 8.24. The van der Waals surface area contributed by atoms with Crippen LogP contribution in [-0.2, 0) is 19.8 Å². The first kappa shape index (κ1) is 12.4. The molecule has 0 aromatic heterocycles. The predicted molar refractivity (Wildman–Crippen MR) is 51.4 cm³/mol. The Kier molecular flexibility index (Phi) is 4.46. The Balaban J connectivity index is 2.23. The Bertz CT molecular complexity index is 311. The highest BCUT2D eigenvalue weighted by Crippen LogP contribution is 2.14. The number of halogens is 1. The Hall–Kier alpha value is -0.690. The molecule has 0 radical (unpaired) electrons. The first-order valence-corrected chi connectivity index (χ1v) is 6.32. The number of nitrogens with one attached hydrogen (secondary N) is 1. The quantitative estimate of drug-likeness (QED) is 0.691. The minimum absolute atomic E-state index is 0.138. The molecule has 1 N–H and O–H groups in total. The smallest absolute Gasteiger partial charge is 0.304 e. The van der Waals surface area contributed by atoms with Crippen LogP contribution in [0.1, 0.15) is 12.8 Å². The zero-order valence-corrected chi connectivity index (χ0v) is 9.06. The molecule has 0 aromatic carbocycles. The van der Waals surface area contributed by atoms with Crippen molar-refractivity contribution < 1.29 is 21.8 Å². The first-order valence-electron chi connectivity index (χ1n) is 4.77. The SMILES string of the molecule is O=C(NCCS(=O)(=O)F)C1CCOCC1. The van der Waals surface area contributed by atoms with Gasteiger partial charge in [-0.25, -0.2) is 0 Å². The van der Waals surface area contributed by atoms with E-state index in [-0.39, 0.29) is 18.4 Å². The molecule has 5 nitrogen and oxygen atoms in total. The number of hydrogen-bond donors (Lipinski definition) is 1. The molecule has 1 fully saturated rings. The predicted octanol–water partition coefficient (Wildman–Crippen LogP) is -0.172. The summed E-state index contributed by atoms with van der Waals surface area (Å²) in [6.07, 6.45) is 1.27. The fourth-order valence-corrected chi connectivity index (χ4v) is 1.75. The Morgan fingerprint density at radius 3 is 2.53 bits per heavy atom. The van der Waals surface area contributed by atoms with E-state index in [4.69, 9.17) is 4.74 Å². The molecule has 1 rings (SSSR count). The molecule has 0 aromatic rings. The molecule has 0 saturated carbocycles. The normalized spacial score (nSPS) is 18.7. The summed E-state index contributed by atoms with van der Waals surface area (Å²) in [6.45, 7) is 0.911. The number of amides is 1. The van der Waals surface area contributed by atoms with Crippen LogP contribution < -0.4 is 5.32 Å². The maximum Gasteiger partial charge on any atom is 0.304 e. The fraction of sp³-hybridized carbons (Fsp3) is 0.875. The summed E-state index contributed by atoms with van der Waals surface area (Å²) >= 11 is 0.